The Kier molecular flexibility index (Phi) is 7.61. The fourth-order valence-electron chi connectivity index (χ4n) is 8.15. The van der Waals surface area contributed by atoms with E-state index in [0.717, 1.165) is 34.1 Å². The second kappa shape index (κ2) is 11.8. The lowest BCUT2D eigenvalue weighted by Gasteiger charge is -2.44. The molecule has 0 spiro atoms. The minimum Gasteiger partial charge on any atom is -0.507 e. The zero-order valence-electron chi connectivity index (χ0n) is 26.3. The summed E-state index contributed by atoms with van der Waals surface area (Å²) in [6.45, 7) is 1.95. The van der Waals surface area contributed by atoms with Crippen LogP contribution in [0.25, 0.3) is 0 Å². The second-order valence-corrected chi connectivity index (χ2v) is 12.7. The molecule has 1 saturated carbocycles. The van der Waals surface area contributed by atoms with Crippen LogP contribution in [0.15, 0.2) is 66.2 Å². The summed E-state index contributed by atoms with van der Waals surface area (Å²) in [4.78, 5) is 81.3. The monoisotopic (exact) mass is 682 g/mol. The van der Waals surface area contributed by atoms with Crippen molar-refractivity contribution in [3.63, 3.8) is 0 Å². The maximum Gasteiger partial charge on any atom is 0.339 e. The number of fused-ring (bicyclic) bond motifs is 4. The van der Waals surface area contributed by atoms with Crippen LogP contribution in [0.5, 0.6) is 23.0 Å². The highest BCUT2D eigenvalue weighted by molar-refractivity contribution is 6.24. The van der Waals surface area contributed by atoms with Crippen LogP contribution in [-0.2, 0) is 19.2 Å². The number of aromatic hydroxyl groups is 3. The van der Waals surface area contributed by atoms with Crippen molar-refractivity contribution >= 4 is 46.9 Å². The summed E-state index contributed by atoms with van der Waals surface area (Å²) in [7, 11) is 0. The van der Waals surface area contributed by atoms with Crippen LogP contribution in [0.1, 0.15) is 52.0 Å². The quantitative estimate of drug-likeness (QED) is 0.178. The van der Waals surface area contributed by atoms with Crippen LogP contribution in [0.3, 0.4) is 0 Å². The van der Waals surface area contributed by atoms with Crippen molar-refractivity contribution in [3.8, 4) is 23.0 Å². The van der Waals surface area contributed by atoms with Crippen LogP contribution in [-0.4, -0.2) is 67.7 Å². The number of carbonyl (C=O) groups is 6. The zero-order chi connectivity index (χ0) is 35.8. The SMILES string of the molecule is CCOc1cc(C2C3=CCC4C(=O)N(c5ccc(C(=O)O)c(O)c5)C(=O)C4C3CC3C(=O)N(c4ccc(C(=O)O)c(O)c4)C(=O)C32)ccc1O. The number of hydrogen-bond donors (Lipinski definition) is 5. The van der Waals surface area contributed by atoms with Crippen LogP contribution in [0, 0.1) is 29.6 Å². The normalized spacial score (nSPS) is 25.6. The number of imide groups is 2. The number of nitrogens with zero attached hydrogens (tertiary/aromatic N) is 2. The molecule has 2 heterocycles. The van der Waals surface area contributed by atoms with Crippen LogP contribution >= 0.6 is 0 Å². The van der Waals surface area contributed by atoms with Gasteiger partial charge in [-0.05, 0) is 67.6 Å². The highest BCUT2D eigenvalue weighted by atomic mass is 16.5. The molecule has 4 amide bonds. The number of benzene rings is 3. The molecular formula is C36H30N2O12. The summed E-state index contributed by atoms with van der Waals surface area (Å²) in [6.07, 6.45) is 1.95. The van der Waals surface area contributed by atoms with Gasteiger partial charge < -0.3 is 30.3 Å². The molecule has 3 fully saturated rings. The van der Waals surface area contributed by atoms with Crippen molar-refractivity contribution in [2.45, 2.75) is 25.7 Å². The van der Waals surface area contributed by atoms with E-state index in [4.69, 9.17) is 4.74 Å². The largest absolute Gasteiger partial charge is 0.507 e. The molecule has 14 nitrogen and oxygen atoms in total. The molecule has 5 N–H and O–H groups in total. The van der Waals surface area contributed by atoms with E-state index >= 15 is 0 Å². The average molecular weight is 683 g/mol. The topological polar surface area (TPSA) is 219 Å². The van der Waals surface area contributed by atoms with Crippen molar-refractivity contribution < 1.29 is 59.0 Å². The van der Waals surface area contributed by atoms with E-state index in [9.17, 15) is 54.3 Å². The fraction of sp³-hybridized carbons (Fsp3) is 0.278. The Hall–Kier alpha value is -6.18. The fourth-order valence-corrected chi connectivity index (χ4v) is 8.15. The Labute approximate surface area is 283 Å². The third-order valence-corrected chi connectivity index (χ3v) is 10.2. The summed E-state index contributed by atoms with van der Waals surface area (Å²) < 4.78 is 5.62. The summed E-state index contributed by atoms with van der Waals surface area (Å²) in [5, 5.41) is 49.9. The molecule has 6 unspecified atom stereocenters. The van der Waals surface area contributed by atoms with Crippen molar-refractivity contribution in [2.75, 3.05) is 16.4 Å². The highest BCUT2D eigenvalue weighted by Gasteiger charge is 2.62. The van der Waals surface area contributed by atoms with Gasteiger partial charge in [0.05, 0.1) is 41.7 Å². The lowest BCUT2D eigenvalue weighted by molar-refractivity contribution is -0.126. The number of phenolic OH excluding ortho intramolecular Hbond substituents is 1. The minimum absolute atomic E-state index is 0.00788. The third kappa shape index (κ3) is 4.77. The first-order valence-electron chi connectivity index (χ1n) is 15.9. The standard InChI is InChI=1S/C36H30N2O12/c1-2-50-27-11-15(3-10-24(27)39)28-18-8-9-21-29(33(44)37(31(21)42)16-4-6-19(35(46)47)25(40)12-16)22(18)14-23-30(28)34(45)38(32(23)43)17-5-7-20(36(48)49)26(41)13-17/h3-8,10-13,21-23,28-30,39-41H,2,9,14H2,1H3,(H,46,47)(H,48,49). The van der Waals surface area contributed by atoms with Crippen LogP contribution < -0.4 is 14.5 Å². The van der Waals surface area contributed by atoms with Crippen LogP contribution in [0.2, 0.25) is 0 Å². The zero-order valence-corrected chi connectivity index (χ0v) is 26.3. The number of allylic oxidation sites excluding steroid dienone is 2. The van der Waals surface area contributed by atoms with Gasteiger partial charge in [0.15, 0.2) is 11.5 Å². The smallest absolute Gasteiger partial charge is 0.339 e. The molecule has 2 saturated heterocycles. The number of carboxylic acids is 2. The first kappa shape index (κ1) is 32.4. The van der Waals surface area contributed by atoms with Gasteiger partial charge in [-0.3, -0.25) is 19.2 Å². The lowest BCUT2D eigenvalue weighted by atomic mass is 9.57. The van der Waals surface area contributed by atoms with Gasteiger partial charge in [0, 0.05) is 18.1 Å². The molecule has 4 aliphatic rings. The molecule has 3 aromatic carbocycles. The molecular weight excluding hydrogens is 652 g/mol. The van der Waals surface area contributed by atoms with Gasteiger partial charge in [-0.15, -0.1) is 0 Å². The summed E-state index contributed by atoms with van der Waals surface area (Å²) in [5.41, 5.74) is 0.305. The Bertz CT molecular complexity index is 2070. The molecule has 0 bridgehead atoms. The predicted molar refractivity (Wildman–Crippen MR) is 172 cm³/mol. The van der Waals surface area contributed by atoms with E-state index in [1.165, 1.54) is 18.2 Å². The number of amides is 4. The number of hydrogen-bond acceptors (Lipinski definition) is 10. The maximum absolute atomic E-state index is 14.3. The predicted octanol–water partition coefficient (Wildman–Crippen LogP) is 3.64. The van der Waals surface area contributed by atoms with Crippen molar-refractivity contribution in [1.29, 1.82) is 0 Å². The van der Waals surface area contributed by atoms with E-state index in [1.807, 2.05) is 6.08 Å². The molecule has 50 heavy (non-hydrogen) atoms. The Morgan fingerprint density at radius 2 is 1.26 bits per heavy atom. The Morgan fingerprint density at radius 1 is 0.700 bits per heavy atom. The number of ether oxygens (including phenoxy) is 1. The molecule has 2 aliphatic carbocycles. The van der Waals surface area contributed by atoms with Crippen molar-refractivity contribution in [1.82, 2.24) is 0 Å². The number of phenols is 3. The molecule has 0 radical (unpaired) electrons. The molecule has 0 aromatic heterocycles. The number of aromatic carboxylic acids is 2. The molecule has 7 rings (SSSR count). The van der Waals surface area contributed by atoms with Crippen molar-refractivity contribution in [3.05, 3.63) is 82.9 Å². The summed E-state index contributed by atoms with van der Waals surface area (Å²) in [6, 6.07) is 11.4. The van der Waals surface area contributed by atoms with Gasteiger partial charge in [0.2, 0.25) is 23.6 Å². The maximum atomic E-state index is 14.3. The Balaban J connectivity index is 1.32. The Morgan fingerprint density at radius 3 is 1.80 bits per heavy atom. The molecule has 2 aliphatic heterocycles. The molecule has 6 atom stereocenters. The van der Waals surface area contributed by atoms with Gasteiger partial charge in [0.25, 0.3) is 0 Å². The van der Waals surface area contributed by atoms with E-state index in [-0.39, 0.29) is 42.3 Å². The van der Waals surface area contributed by atoms with Crippen LogP contribution in [0.4, 0.5) is 11.4 Å². The van der Waals surface area contributed by atoms with E-state index in [0.29, 0.717) is 11.1 Å². The second-order valence-electron chi connectivity index (χ2n) is 12.7. The van der Waals surface area contributed by atoms with Gasteiger partial charge >= 0.3 is 11.9 Å². The first-order chi connectivity index (χ1) is 23.8. The number of carbonyl (C=O) groups excluding carboxylic acids is 4. The van der Waals surface area contributed by atoms with Gasteiger partial charge in [-0.25, -0.2) is 19.4 Å². The first-order valence-corrected chi connectivity index (χ1v) is 15.9. The number of anilines is 2. The van der Waals surface area contributed by atoms with Crippen molar-refractivity contribution in [2.24, 2.45) is 29.6 Å². The van der Waals surface area contributed by atoms with Gasteiger partial charge in [0.1, 0.15) is 22.6 Å². The number of rotatable bonds is 7. The molecule has 14 heteroatoms. The van der Waals surface area contributed by atoms with Gasteiger partial charge in [-0.2, -0.15) is 0 Å². The lowest BCUT2D eigenvalue weighted by Crippen LogP contribution is -2.43. The molecule has 3 aromatic rings. The van der Waals surface area contributed by atoms with Gasteiger partial charge in [-0.1, -0.05) is 17.7 Å². The van der Waals surface area contributed by atoms with E-state index in [2.05, 4.69) is 0 Å². The summed E-state index contributed by atoms with van der Waals surface area (Å²) in [5.74, 6) is -11.7. The van der Waals surface area contributed by atoms with E-state index in [1.54, 1.807) is 19.1 Å². The summed E-state index contributed by atoms with van der Waals surface area (Å²) >= 11 is 0. The number of carboxylic acid groups (broad SMARTS) is 2. The highest BCUT2D eigenvalue weighted by Crippen LogP contribution is 2.59. The minimum atomic E-state index is -1.40. The average Bonchev–Trinajstić information content (AvgIpc) is 3.48. The molecule has 256 valence electrons. The third-order valence-electron chi connectivity index (χ3n) is 10.2. The van der Waals surface area contributed by atoms with E-state index < -0.39 is 93.7 Å².